The number of para-hydroxylation sites is 1. The minimum Gasteiger partial charge on any atom is -0.370 e. The molecule has 306 valence electrons. The highest BCUT2D eigenvalue weighted by atomic mass is 32.2. The van der Waals surface area contributed by atoms with E-state index in [1.165, 1.54) is 16.7 Å². The third kappa shape index (κ3) is 11.6. The molecule has 0 radical (unpaired) electrons. The molecule has 57 heavy (non-hydrogen) atoms. The van der Waals surface area contributed by atoms with Crippen LogP contribution in [-0.4, -0.2) is 106 Å². The molecule has 2 aliphatic rings. The molecule has 8 N–H and O–H groups in total. The van der Waals surface area contributed by atoms with Crippen molar-refractivity contribution in [3.8, 4) is 0 Å². The molecular weight excluding hydrogens is 749 g/mol. The number of hydrogen-bond donors (Lipinski definition) is 7. The summed E-state index contributed by atoms with van der Waals surface area (Å²) in [6.07, 6.45) is 4.58. The number of carbonyl (C=O) groups is 7. The topological polar surface area (TPSA) is 225 Å². The number of H-pyrrole nitrogens is 1. The van der Waals surface area contributed by atoms with Crippen LogP contribution in [0.25, 0.3) is 10.9 Å². The molecule has 6 atom stereocenters. The van der Waals surface area contributed by atoms with E-state index in [4.69, 9.17) is 5.73 Å². The van der Waals surface area contributed by atoms with Gasteiger partial charge in [0.1, 0.15) is 36.3 Å². The number of thioether (sulfide) groups is 1. The van der Waals surface area contributed by atoms with Crippen LogP contribution in [0.1, 0.15) is 63.5 Å². The molecule has 2 fully saturated rings. The molecule has 0 spiro atoms. The summed E-state index contributed by atoms with van der Waals surface area (Å²) in [7, 11) is 0. The largest absolute Gasteiger partial charge is 0.370 e. The van der Waals surface area contributed by atoms with E-state index in [1.54, 1.807) is 6.20 Å². The number of primary amides is 1. The molecule has 2 aromatic carbocycles. The van der Waals surface area contributed by atoms with E-state index in [1.807, 2.05) is 74.7 Å². The maximum Gasteiger partial charge on any atom is 0.246 e. The number of amides is 7. The number of rotatable bonds is 12. The van der Waals surface area contributed by atoms with Crippen molar-refractivity contribution in [2.75, 3.05) is 18.6 Å². The summed E-state index contributed by atoms with van der Waals surface area (Å²) in [5.74, 6) is -3.90. The molecule has 15 nitrogen and oxygen atoms in total. The summed E-state index contributed by atoms with van der Waals surface area (Å²) >= 11 is 1.46. The smallest absolute Gasteiger partial charge is 0.246 e. The summed E-state index contributed by atoms with van der Waals surface area (Å²) in [6, 6.07) is 9.87. The van der Waals surface area contributed by atoms with Gasteiger partial charge in [0.25, 0.3) is 0 Å². The molecule has 2 saturated heterocycles. The normalized spacial score (nSPS) is 24.2. The number of nitrogens with one attached hydrogen (secondary N) is 6. The molecule has 0 aliphatic carbocycles. The van der Waals surface area contributed by atoms with Gasteiger partial charge in [0.15, 0.2) is 0 Å². The highest BCUT2D eigenvalue weighted by Crippen LogP contribution is 2.23. The number of carbonyl (C=O) groups excluding carboxylic acids is 7. The fourth-order valence-electron chi connectivity index (χ4n) is 7.40. The first-order chi connectivity index (χ1) is 27.3. The second kappa shape index (κ2) is 20.2. The van der Waals surface area contributed by atoms with Crippen molar-refractivity contribution in [3.05, 3.63) is 71.9 Å². The van der Waals surface area contributed by atoms with Crippen LogP contribution in [-0.2, 0) is 46.4 Å². The quantitative estimate of drug-likeness (QED) is 0.142. The Bertz CT molecular complexity index is 1920. The first kappa shape index (κ1) is 42.8. The zero-order valence-corrected chi connectivity index (χ0v) is 33.5. The Morgan fingerprint density at radius 2 is 1.35 bits per heavy atom. The minimum atomic E-state index is -1.32. The van der Waals surface area contributed by atoms with Crippen LogP contribution in [0.5, 0.6) is 0 Å². The number of benzene rings is 2. The zero-order valence-electron chi connectivity index (χ0n) is 32.7. The van der Waals surface area contributed by atoms with E-state index in [9.17, 15) is 33.6 Å². The van der Waals surface area contributed by atoms with Gasteiger partial charge in [0, 0.05) is 42.9 Å². The lowest BCUT2D eigenvalue weighted by Crippen LogP contribution is -2.62. The molecule has 0 unspecified atom stereocenters. The van der Waals surface area contributed by atoms with Gasteiger partial charge < -0.3 is 42.2 Å². The number of nitrogens with two attached hydrogens (primary N) is 1. The summed E-state index contributed by atoms with van der Waals surface area (Å²) in [4.78, 5) is 102. The number of hydrogen-bond acceptors (Lipinski definition) is 8. The molecular formula is C41H54N8O7S. The van der Waals surface area contributed by atoms with Gasteiger partial charge in [-0.15, -0.1) is 0 Å². The van der Waals surface area contributed by atoms with Crippen molar-refractivity contribution < 1.29 is 33.6 Å². The average molecular weight is 803 g/mol. The summed E-state index contributed by atoms with van der Waals surface area (Å²) in [5, 5.41) is 14.9. The maximum atomic E-state index is 14.5. The Balaban J connectivity index is 1.57. The fraction of sp³-hybridized carbons (Fsp3) is 0.488. The Morgan fingerprint density at radius 1 is 0.754 bits per heavy atom. The first-order valence-electron chi connectivity index (χ1n) is 19.5. The van der Waals surface area contributed by atoms with Crippen LogP contribution >= 0.6 is 11.8 Å². The van der Waals surface area contributed by atoms with E-state index in [2.05, 4.69) is 31.6 Å². The zero-order chi connectivity index (χ0) is 41.1. The van der Waals surface area contributed by atoms with Gasteiger partial charge in [-0.05, 0) is 67.2 Å². The van der Waals surface area contributed by atoms with Gasteiger partial charge in [-0.3, -0.25) is 33.6 Å². The molecule has 3 aromatic rings. The first-order valence-corrected chi connectivity index (χ1v) is 20.9. The van der Waals surface area contributed by atoms with Gasteiger partial charge in [-0.1, -0.05) is 62.4 Å². The lowest BCUT2D eigenvalue weighted by Gasteiger charge is -2.32. The van der Waals surface area contributed by atoms with Crippen molar-refractivity contribution >= 4 is 64.0 Å². The van der Waals surface area contributed by atoms with Gasteiger partial charge in [-0.25, -0.2) is 0 Å². The number of nitrogens with zero attached hydrogens (tertiary/aromatic N) is 1. The van der Waals surface area contributed by atoms with Gasteiger partial charge in [0.2, 0.25) is 41.4 Å². The second-order valence-corrected chi connectivity index (χ2v) is 16.2. The SMILES string of the molecule is CSCC[C@H]1NC(=O)[C@H](CC(C)C)NC(=O)[C@@H]2CCCN2C(=O)[C@H](Cc2ccccc2)NC(=O)[C@@H](Cc2c[nH]c3ccccc23)NC(=O)[C@H](CCC(N)=O)NC1=O. The molecule has 2 aliphatic heterocycles. The summed E-state index contributed by atoms with van der Waals surface area (Å²) in [5.41, 5.74) is 7.76. The number of aromatic amines is 1. The maximum absolute atomic E-state index is 14.5. The van der Waals surface area contributed by atoms with Crippen LogP contribution < -0.4 is 32.3 Å². The van der Waals surface area contributed by atoms with E-state index < -0.39 is 77.6 Å². The van der Waals surface area contributed by atoms with Crippen molar-refractivity contribution in [1.82, 2.24) is 36.5 Å². The molecule has 0 saturated carbocycles. The van der Waals surface area contributed by atoms with Crippen LogP contribution in [0, 0.1) is 5.92 Å². The minimum absolute atomic E-state index is 0.00269. The van der Waals surface area contributed by atoms with Crippen molar-refractivity contribution in [1.29, 1.82) is 0 Å². The average Bonchev–Trinajstić information content (AvgIpc) is 3.84. The van der Waals surface area contributed by atoms with Crippen molar-refractivity contribution in [3.63, 3.8) is 0 Å². The molecule has 0 bridgehead atoms. The van der Waals surface area contributed by atoms with Crippen LogP contribution in [0.15, 0.2) is 60.8 Å². The van der Waals surface area contributed by atoms with Crippen LogP contribution in [0.2, 0.25) is 0 Å². The van der Waals surface area contributed by atoms with Crippen LogP contribution in [0.4, 0.5) is 0 Å². The predicted octanol–water partition coefficient (Wildman–Crippen LogP) is 1.45. The van der Waals surface area contributed by atoms with Gasteiger partial charge >= 0.3 is 0 Å². The van der Waals surface area contributed by atoms with E-state index in [0.29, 0.717) is 24.2 Å². The molecule has 5 rings (SSSR count). The Kier molecular flexibility index (Phi) is 15.1. The lowest BCUT2D eigenvalue weighted by molar-refractivity contribution is -0.143. The fourth-order valence-corrected chi connectivity index (χ4v) is 7.87. The lowest BCUT2D eigenvalue weighted by atomic mass is 10.00. The molecule has 7 amide bonds. The molecule has 3 heterocycles. The molecule has 16 heteroatoms. The van der Waals surface area contributed by atoms with Crippen LogP contribution in [0.3, 0.4) is 0 Å². The van der Waals surface area contributed by atoms with Gasteiger partial charge in [0.05, 0.1) is 0 Å². The van der Waals surface area contributed by atoms with E-state index in [-0.39, 0.29) is 51.0 Å². The van der Waals surface area contributed by atoms with Crippen molar-refractivity contribution in [2.24, 2.45) is 11.7 Å². The van der Waals surface area contributed by atoms with Gasteiger partial charge in [-0.2, -0.15) is 11.8 Å². The highest BCUT2D eigenvalue weighted by molar-refractivity contribution is 7.98. The third-order valence-electron chi connectivity index (χ3n) is 10.4. The third-order valence-corrected chi connectivity index (χ3v) is 11.0. The predicted molar refractivity (Wildman–Crippen MR) is 217 cm³/mol. The highest BCUT2D eigenvalue weighted by Gasteiger charge is 2.40. The Labute approximate surface area is 336 Å². The number of aromatic nitrogens is 1. The monoisotopic (exact) mass is 802 g/mol. The number of fused-ring (bicyclic) bond motifs is 2. The van der Waals surface area contributed by atoms with E-state index in [0.717, 1.165) is 16.5 Å². The second-order valence-electron chi connectivity index (χ2n) is 15.2. The Morgan fingerprint density at radius 3 is 2.04 bits per heavy atom. The Hall–Kier alpha value is -5.38. The summed E-state index contributed by atoms with van der Waals surface area (Å²) < 4.78 is 0. The standard InChI is InChI=1S/C41H54N8O7S/c1-24(2)20-31-38(53)45-30(17-19-57-3)37(52)44-29(15-16-35(42)50)36(51)46-32(22-26-23-43-28-13-8-7-12-27(26)28)39(54)48-33(21-25-10-5-4-6-11-25)41(56)49-18-9-14-34(49)40(55)47-31/h4-8,10-13,23-24,29-34,43H,9,14-22H2,1-3H3,(H2,42,50)(H,44,52)(H,45,53)(H,46,51)(H,47,55)(H,48,54)/t29-,30+,31-,32+,33-,34-/m0/s1. The summed E-state index contributed by atoms with van der Waals surface area (Å²) in [6.45, 7) is 4.06. The van der Waals surface area contributed by atoms with Crippen molar-refractivity contribution in [2.45, 2.75) is 101 Å². The van der Waals surface area contributed by atoms with E-state index >= 15 is 0 Å². The molecule has 1 aromatic heterocycles.